The van der Waals surface area contributed by atoms with Crippen LogP contribution in [0, 0.1) is 0 Å². The van der Waals surface area contributed by atoms with Gasteiger partial charge in [0.15, 0.2) is 0 Å². The zero-order valence-electron chi connectivity index (χ0n) is 10.5. The predicted octanol–water partition coefficient (Wildman–Crippen LogP) is 1.58. The molecule has 0 aliphatic heterocycles. The number of ether oxygens (including phenoxy) is 1. The highest BCUT2D eigenvalue weighted by molar-refractivity contribution is 7.15. The van der Waals surface area contributed by atoms with Gasteiger partial charge in [0, 0.05) is 26.2 Å². The van der Waals surface area contributed by atoms with Crippen LogP contribution in [0.5, 0.6) is 0 Å². The first kappa shape index (κ1) is 12.7. The van der Waals surface area contributed by atoms with Crippen molar-refractivity contribution in [1.82, 2.24) is 15.1 Å². The van der Waals surface area contributed by atoms with E-state index in [9.17, 15) is 0 Å². The largest absolute Gasteiger partial charge is 0.383 e. The zero-order chi connectivity index (χ0) is 12.1. The van der Waals surface area contributed by atoms with E-state index in [1.807, 2.05) is 0 Å². The van der Waals surface area contributed by atoms with E-state index in [0.29, 0.717) is 0 Å². The summed E-state index contributed by atoms with van der Waals surface area (Å²) in [6.45, 7) is 5.63. The molecule has 0 spiro atoms. The predicted molar refractivity (Wildman–Crippen MR) is 69.4 cm³/mol. The van der Waals surface area contributed by atoms with Crippen molar-refractivity contribution in [3.05, 3.63) is 5.01 Å². The van der Waals surface area contributed by atoms with Crippen LogP contribution in [0.2, 0.25) is 0 Å². The number of aromatic nitrogens is 2. The van der Waals surface area contributed by atoms with Crippen LogP contribution in [0.25, 0.3) is 0 Å². The molecule has 0 saturated heterocycles. The molecular formula is C11H20N4OS. The Hall–Kier alpha value is -0.720. The normalized spacial score (nSPS) is 15.5. The van der Waals surface area contributed by atoms with Gasteiger partial charge in [0.2, 0.25) is 5.13 Å². The van der Waals surface area contributed by atoms with Crippen LogP contribution >= 0.6 is 11.3 Å². The highest BCUT2D eigenvalue weighted by Gasteiger charge is 2.29. The first-order valence-corrected chi connectivity index (χ1v) is 6.94. The summed E-state index contributed by atoms with van der Waals surface area (Å²) in [5, 5.41) is 13.5. The topological polar surface area (TPSA) is 50.3 Å². The minimum Gasteiger partial charge on any atom is -0.383 e. The molecule has 1 saturated carbocycles. The SMILES string of the molecule is CCNc1nnc(CN(CCOC)C2CC2)s1. The molecule has 1 aliphatic carbocycles. The van der Waals surface area contributed by atoms with Gasteiger partial charge >= 0.3 is 0 Å². The summed E-state index contributed by atoms with van der Waals surface area (Å²) in [6.07, 6.45) is 2.62. The quantitative estimate of drug-likeness (QED) is 0.765. The average Bonchev–Trinajstić information content (AvgIpc) is 3.08. The monoisotopic (exact) mass is 256 g/mol. The molecule has 1 N–H and O–H groups in total. The Bertz CT molecular complexity index is 340. The van der Waals surface area contributed by atoms with E-state index in [-0.39, 0.29) is 0 Å². The lowest BCUT2D eigenvalue weighted by atomic mass is 10.4. The van der Waals surface area contributed by atoms with Crippen LogP contribution in [0.3, 0.4) is 0 Å². The Morgan fingerprint density at radius 1 is 1.47 bits per heavy atom. The van der Waals surface area contributed by atoms with E-state index < -0.39 is 0 Å². The van der Waals surface area contributed by atoms with Crippen LogP contribution in [0.15, 0.2) is 0 Å². The Kier molecular flexibility index (Phi) is 4.70. The van der Waals surface area contributed by atoms with Gasteiger partial charge in [-0.05, 0) is 19.8 Å². The van der Waals surface area contributed by atoms with Crippen molar-refractivity contribution in [2.24, 2.45) is 0 Å². The summed E-state index contributed by atoms with van der Waals surface area (Å²) in [7, 11) is 1.75. The number of hydrogen-bond donors (Lipinski definition) is 1. The fraction of sp³-hybridized carbons (Fsp3) is 0.818. The van der Waals surface area contributed by atoms with Crippen molar-refractivity contribution in [2.45, 2.75) is 32.4 Å². The standard InChI is InChI=1S/C11H20N4OS/c1-3-12-11-14-13-10(17-11)8-15(6-7-16-2)9-4-5-9/h9H,3-8H2,1-2H3,(H,12,14). The lowest BCUT2D eigenvalue weighted by Gasteiger charge is -2.19. The highest BCUT2D eigenvalue weighted by atomic mass is 32.1. The number of hydrogen-bond acceptors (Lipinski definition) is 6. The molecule has 5 nitrogen and oxygen atoms in total. The molecule has 0 bridgehead atoms. The highest BCUT2D eigenvalue weighted by Crippen LogP contribution is 2.29. The van der Waals surface area contributed by atoms with E-state index in [0.717, 1.165) is 42.4 Å². The van der Waals surface area contributed by atoms with Crippen molar-refractivity contribution < 1.29 is 4.74 Å². The Labute approximate surface area is 106 Å². The van der Waals surface area contributed by atoms with Crippen LogP contribution in [0.4, 0.5) is 5.13 Å². The minimum atomic E-state index is 0.733. The molecule has 1 aromatic heterocycles. The molecule has 2 rings (SSSR count). The summed E-state index contributed by atoms with van der Waals surface area (Å²) >= 11 is 1.65. The third-order valence-corrected chi connectivity index (χ3v) is 3.64. The third kappa shape index (κ3) is 3.90. The molecule has 6 heteroatoms. The molecule has 0 radical (unpaired) electrons. The minimum absolute atomic E-state index is 0.733. The van der Waals surface area contributed by atoms with Gasteiger partial charge in [-0.25, -0.2) is 0 Å². The molecule has 96 valence electrons. The molecule has 17 heavy (non-hydrogen) atoms. The van der Waals surface area contributed by atoms with Crippen molar-refractivity contribution in [2.75, 3.05) is 32.1 Å². The fourth-order valence-electron chi connectivity index (χ4n) is 1.75. The van der Waals surface area contributed by atoms with Crippen LogP contribution in [-0.4, -0.2) is 47.9 Å². The van der Waals surface area contributed by atoms with Crippen molar-refractivity contribution in [1.29, 1.82) is 0 Å². The van der Waals surface area contributed by atoms with E-state index in [1.165, 1.54) is 12.8 Å². The Morgan fingerprint density at radius 2 is 2.29 bits per heavy atom. The summed E-state index contributed by atoms with van der Waals surface area (Å²) in [4.78, 5) is 2.44. The van der Waals surface area contributed by atoms with Gasteiger partial charge in [0.25, 0.3) is 0 Å². The van der Waals surface area contributed by atoms with E-state index in [2.05, 4.69) is 27.3 Å². The van der Waals surface area contributed by atoms with Gasteiger partial charge in [-0.15, -0.1) is 10.2 Å². The van der Waals surface area contributed by atoms with Crippen molar-refractivity contribution in [3.8, 4) is 0 Å². The summed E-state index contributed by atoms with van der Waals surface area (Å²) in [6, 6.07) is 0.733. The maximum atomic E-state index is 5.15. The van der Waals surface area contributed by atoms with Gasteiger partial charge in [0.05, 0.1) is 13.2 Å². The van der Waals surface area contributed by atoms with Gasteiger partial charge in [-0.1, -0.05) is 11.3 Å². The number of anilines is 1. The summed E-state index contributed by atoms with van der Waals surface area (Å²) < 4.78 is 5.15. The number of methoxy groups -OCH3 is 1. The van der Waals surface area contributed by atoms with Gasteiger partial charge in [0.1, 0.15) is 5.01 Å². The van der Waals surface area contributed by atoms with Crippen LogP contribution in [0.1, 0.15) is 24.8 Å². The summed E-state index contributed by atoms with van der Waals surface area (Å²) in [5.41, 5.74) is 0. The number of rotatable bonds is 8. The maximum Gasteiger partial charge on any atom is 0.205 e. The third-order valence-electron chi connectivity index (χ3n) is 2.78. The Morgan fingerprint density at radius 3 is 2.94 bits per heavy atom. The zero-order valence-corrected chi connectivity index (χ0v) is 11.3. The van der Waals surface area contributed by atoms with Crippen molar-refractivity contribution >= 4 is 16.5 Å². The fourth-order valence-corrected chi connectivity index (χ4v) is 2.59. The second kappa shape index (κ2) is 6.28. The molecule has 1 aliphatic rings. The van der Waals surface area contributed by atoms with Gasteiger partial charge in [-0.3, -0.25) is 4.90 Å². The molecular weight excluding hydrogens is 236 g/mol. The molecule has 0 atom stereocenters. The lowest BCUT2D eigenvalue weighted by molar-refractivity contribution is 0.139. The van der Waals surface area contributed by atoms with Crippen LogP contribution < -0.4 is 5.32 Å². The Balaban J connectivity index is 1.87. The molecule has 0 aromatic carbocycles. The lowest BCUT2D eigenvalue weighted by Crippen LogP contribution is -2.29. The number of nitrogens with one attached hydrogen (secondary N) is 1. The van der Waals surface area contributed by atoms with Gasteiger partial charge in [-0.2, -0.15) is 0 Å². The molecule has 1 aromatic rings. The van der Waals surface area contributed by atoms with E-state index in [1.54, 1.807) is 18.4 Å². The molecule has 1 fully saturated rings. The smallest absolute Gasteiger partial charge is 0.205 e. The second-order valence-electron chi connectivity index (χ2n) is 4.23. The molecule has 0 amide bonds. The summed E-state index contributed by atoms with van der Waals surface area (Å²) in [5.74, 6) is 0. The molecule has 0 unspecified atom stereocenters. The average molecular weight is 256 g/mol. The van der Waals surface area contributed by atoms with E-state index >= 15 is 0 Å². The van der Waals surface area contributed by atoms with Crippen LogP contribution in [-0.2, 0) is 11.3 Å². The van der Waals surface area contributed by atoms with Crippen molar-refractivity contribution in [3.63, 3.8) is 0 Å². The maximum absolute atomic E-state index is 5.15. The van der Waals surface area contributed by atoms with E-state index in [4.69, 9.17) is 4.74 Å². The first-order chi connectivity index (χ1) is 8.33. The first-order valence-electron chi connectivity index (χ1n) is 6.12. The number of nitrogens with zero attached hydrogens (tertiary/aromatic N) is 3. The van der Waals surface area contributed by atoms with Gasteiger partial charge < -0.3 is 10.1 Å². The second-order valence-corrected chi connectivity index (χ2v) is 5.29. The molecule has 1 heterocycles.